The van der Waals surface area contributed by atoms with Gasteiger partial charge in [-0.1, -0.05) is 29.6 Å². The molecule has 0 saturated heterocycles. The molecule has 5 aliphatic rings. The van der Waals surface area contributed by atoms with Gasteiger partial charge < -0.3 is 19.8 Å². The summed E-state index contributed by atoms with van der Waals surface area (Å²) in [6, 6.07) is 6.34. The van der Waals surface area contributed by atoms with E-state index in [9.17, 15) is 10.3 Å². The minimum absolute atomic E-state index is 0.195. The van der Waals surface area contributed by atoms with Gasteiger partial charge in [-0.3, -0.25) is 0 Å². The molecule has 5 nitrogen and oxygen atoms in total. The molecule has 33 heavy (non-hydrogen) atoms. The molecule has 0 spiro atoms. The number of aliphatic hydroxyl groups is 1. The largest absolute Gasteiger partial charge is 0.454 e. The maximum atomic E-state index is 11.8. The van der Waals surface area contributed by atoms with Gasteiger partial charge in [0.05, 0.1) is 5.71 Å². The molecule has 0 aromatic heterocycles. The van der Waals surface area contributed by atoms with E-state index in [0.29, 0.717) is 11.8 Å². The Morgan fingerprint density at radius 2 is 1.97 bits per heavy atom. The molecule has 1 aliphatic heterocycles. The molecule has 1 aromatic rings. The predicted molar refractivity (Wildman–Crippen MR) is 125 cm³/mol. The lowest BCUT2D eigenvalue weighted by Gasteiger charge is -2.53. The van der Waals surface area contributed by atoms with Crippen molar-refractivity contribution in [2.24, 2.45) is 22.4 Å². The number of nitrogens with zero attached hydrogens (tertiary/aromatic N) is 1. The van der Waals surface area contributed by atoms with Crippen molar-refractivity contribution in [2.75, 3.05) is 6.79 Å². The van der Waals surface area contributed by atoms with Crippen LogP contribution in [0.2, 0.25) is 0 Å². The number of benzene rings is 1. The molecular formula is C28H31NO4. The van der Waals surface area contributed by atoms with Gasteiger partial charge in [-0.05, 0) is 98.6 Å². The van der Waals surface area contributed by atoms with Crippen LogP contribution in [0.4, 0.5) is 0 Å². The average molecular weight is 446 g/mol. The molecule has 1 heterocycles. The summed E-state index contributed by atoms with van der Waals surface area (Å²) in [5.74, 6) is 8.92. The van der Waals surface area contributed by atoms with E-state index in [1.54, 1.807) is 5.57 Å². The Balaban J connectivity index is 1.53. The minimum Gasteiger partial charge on any atom is -0.454 e. The quantitative estimate of drug-likeness (QED) is 0.348. The zero-order chi connectivity index (χ0) is 22.8. The molecular weight excluding hydrogens is 414 g/mol. The molecule has 2 N–H and O–H groups in total. The highest BCUT2D eigenvalue weighted by Crippen LogP contribution is 2.66. The van der Waals surface area contributed by atoms with Crippen LogP contribution in [0, 0.1) is 29.1 Å². The predicted octanol–water partition coefficient (Wildman–Crippen LogP) is 5.33. The lowest BCUT2D eigenvalue weighted by atomic mass is 9.51. The van der Waals surface area contributed by atoms with Crippen molar-refractivity contribution in [3.63, 3.8) is 0 Å². The van der Waals surface area contributed by atoms with Crippen LogP contribution in [0.15, 0.2) is 46.2 Å². The van der Waals surface area contributed by atoms with Gasteiger partial charge in [0.25, 0.3) is 0 Å². The Kier molecular flexibility index (Phi) is 4.68. The van der Waals surface area contributed by atoms with E-state index in [-0.39, 0.29) is 18.1 Å². The molecule has 4 aliphatic carbocycles. The molecule has 5 heteroatoms. The van der Waals surface area contributed by atoms with E-state index in [4.69, 9.17) is 9.47 Å². The van der Waals surface area contributed by atoms with Crippen LogP contribution in [0.1, 0.15) is 70.3 Å². The summed E-state index contributed by atoms with van der Waals surface area (Å²) in [5, 5.41) is 24.6. The van der Waals surface area contributed by atoms with Gasteiger partial charge in [0.1, 0.15) is 5.60 Å². The Labute approximate surface area is 195 Å². The lowest BCUT2D eigenvalue weighted by molar-refractivity contribution is -0.0513. The van der Waals surface area contributed by atoms with Gasteiger partial charge in [-0.25, -0.2) is 0 Å². The summed E-state index contributed by atoms with van der Waals surface area (Å²) in [6.07, 6.45) is 8.48. The first-order valence-corrected chi connectivity index (χ1v) is 12.2. The summed E-state index contributed by atoms with van der Waals surface area (Å²) < 4.78 is 11.3. The van der Waals surface area contributed by atoms with Crippen LogP contribution < -0.4 is 9.47 Å². The van der Waals surface area contributed by atoms with Crippen LogP contribution in [-0.4, -0.2) is 28.4 Å². The molecule has 5 atom stereocenters. The highest BCUT2D eigenvalue weighted by molar-refractivity contribution is 5.97. The first-order valence-electron chi connectivity index (χ1n) is 12.2. The summed E-state index contributed by atoms with van der Waals surface area (Å²) in [5.41, 5.74) is 5.13. The second-order valence-corrected chi connectivity index (χ2v) is 10.5. The molecule has 2 fully saturated rings. The first kappa shape index (κ1) is 20.9. The third-order valence-corrected chi connectivity index (χ3v) is 9.16. The van der Waals surface area contributed by atoms with E-state index >= 15 is 0 Å². The zero-order valence-electron chi connectivity index (χ0n) is 19.4. The first-order chi connectivity index (χ1) is 16.0. The van der Waals surface area contributed by atoms with E-state index in [1.165, 1.54) is 16.7 Å². The van der Waals surface area contributed by atoms with E-state index < -0.39 is 5.60 Å². The molecule has 6 rings (SSSR count). The maximum absolute atomic E-state index is 11.8. The molecule has 0 unspecified atom stereocenters. The fourth-order valence-electron chi connectivity index (χ4n) is 7.60. The van der Waals surface area contributed by atoms with Gasteiger partial charge in [0.15, 0.2) is 11.5 Å². The summed E-state index contributed by atoms with van der Waals surface area (Å²) >= 11 is 0. The van der Waals surface area contributed by atoms with Gasteiger partial charge in [0.2, 0.25) is 6.79 Å². The number of oxime groups is 1. The van der Waals surface area contributed by atoms with E-state index in [0.717, 1.165) is 62.2 Å². The Morgan fingerprint density at radius 3 is 2.79 bits per heavy atom. The molecule has 0 bridgehead atoms. The Bertz CT molecular complexity index is 1170. The number of fused-ring (bicyclic) bond motifs is 5. The van der Waals surface area contributed by atoms with Crippen molar-refractivity contribution >= 4 is 5.71 Å². The van der Waals surface area contributed by atoms with Crippen molar-refractivity contribution in [3.05, 3.63) is 46.6 Å². The van der Waals surface area contributed by atoms with Crippen LogP contribution >= 0.6 is 0 Å². The van der Waals surface area contributed by atoms with Crippen LogP contribution in [-0.2, 0) is 0 Å². The van der Waals surface area contributed by atoms with Crippen LogP contribution in [0.3, 0.4) is 0 Å². The molecule has 172 valence electrons. The number of hydrogen-bond acceptors (Lipinski definition) is 5. The Hall–Kier alpha value is -2.71. The van der Waals surface area contributed by atoms with E-state index in [2.05, 4.69) is 42.1 Å². The fraction of sp³-hybridized carbons (Fsp3) is 0.536. The second kappa shape index (κ2) is 7.40. The average Bonchev–Trinajstić information content (AvgIpc) is 3.40. The molecule has 0 amide bonds. The molecule has 1 aromatic carbocycles. The van der Waals surface area contributed by atoms with Crippen molar-refractivity contribution < 1.29 is 19.8 Å². The topological polar surface area (TPSA) is 71.3 Å². The van der Waals surface area contributed by atoms with Gasteiger partial charge in [0, 0.05) is 11.3 Å². The molecule has 2 saturated carbocycles. The highest BCUT2D eigenvalue weighted by atomic mass is 16.7. The van der Waals surface area contributed by atoms with Crippen LogP contribution in [0.25, 0.3) is 0 Å². The fourth-order valence-corrected chi connectivity index (χ4v) is 7.60. The van der Waals surface area contributed by atoms with Crippen molar-refractivity contribution in [3.8, 4) is 23.3 Å². The van der Waals surface area contributed by atoms with Gasteiger partial charge in [-0.2, -0.15) is 0 Å². The zero-order valence-corrected chi connectivity index (χ0v) is 19.4. The normalized spacial score (nSPS) is 37.6. The van der Waals surface area contributed by atoms with Crippen LogP contribution in [0.5, 0.6) is 11.5 Å². The van der Waals surface area contributed by atoms with E-state index in [1.807, 2.05) is 13.0 Å². The monoisotopic (exact) mass is 445 g/mol. The van der Waals surface area contributed by atoms with Crippen molar-refractivity contribution in [1.82, 2.24) is 0 Å². The number of ether oxygens (including phenoxy) is 2. The van der Waals surface area contributed by atoms with Gasteiger partial charge in [-0.15, -0.1) is 5.92 Å². The second-order valence-electron chi connectivity index (χ2n) is 10.5. The smallest absolute Gasteiger partial charge is 0.231 e. The number of hydrogen-bond donors (Lipinski definition) is 2. The summed E-state index contributed by atoms with van der Waals surface area (Å²) in [4.78, 5) is 0. The SMILES string of the molecule is CC#C[C@]1(O)CC[C@H]2[C@@H]3CCC4=C/C(=N\O)CCC4=C3[C@@H](c3ccc4c(c3)OCO4)C[C@@]21C. The third kappa shape index (κ3) is 2.93. The lowest BCUT2D eigenvalue weighted by Crippen LogP contribution is -2.51. The van der Waals surface area contributed by atoms with Crippen molar-refractivity contribution in [1.29, 1.82) is 0 Å². The molecule has 0 radical (unpaired) electrons. The van der Waals surface area contributed by atoms with Crippen molar-refractivity contribution in [2.45, 2.75) is 70.3 Å². The van der Waals surface area contributed by atoms with Gasteiger partial charge >= 0.3 is 0 Å². The summed E-state index contributed by atoms with van der Waals surface area (Å²) in [6.45, 7) is 4.38. The third-order valence-electron chi connectivity index (χ3n) is 9.16. The number of rotatable bonds is 1. The summed E-state index contributed by atoms with van der Waals surface area (Å²) in [7, 11) is 0. The maximum Gasteiger partial charge on any atom is 0.231 e. The number of allylic oxidation sites excluding steroid dienone is 4. The standard InChI is InChI=1S/C28H31NO4/c1-3-11-28(30)12-10-23-21-7-4-17-13-19(29-31)6-8-20(17)26(21)22(15-27(23,28)2)18-5-9-24-25(14-18)33-16-32-24/h5,9,13-14,21-23,30-31H,4,6-8,10,12,15-16H2,1-2H3/b29-19-/t21-,22+,23-,27-,28-/m0/s1. The highest BCUT2D eigenvalue weighted by Gasteiger charge is 2.62. The minimum atomic E-state index is -0.948. The Morgan fingerprint density at radius 1 is 1.12 bits per heavy atom.